The van der Waals surface area contributed by atoms with Crippen molar-refractivity contribution in [1.29, 1.82) is 0 Å². The summed E-state index contributed by atoms with van der Waals surface area (Å²) < 4.78 is 41.6. The number of carbonyl (C=O) groups is 1. The molecule has 0 spiro atoms. The number of aromatic nitrogens is 4. The Morgan fingerprint density at radius 2 is 2.09 bits per heavy atom. The van der Waals surface area contributed by atoms with Gasteiger partial charge in [0, 0.05) is 28.2 Å². The van der Waals surface area contributed by atoms with Gasteiger partial charge in [-0.3, -0.25) is 9.48 Å². The van der Waals surface area contributed by atoms with Crippen LogP contribution < -0.4 is 5.32 Å². The van der Waals surface area contributed by atoms with Gasteiger partial charge in [-0.05, 0) is 31.7 Å². The topological polar surface area (TPSA) is 95.8 Å². The van der Waals surface area contributed by atoms with Crippen LogP contribution in [0.15, 0.2) is 29.8 Å². The van der Waals surface area contributed by atoms with Crippen LogP contribution in [0.4, 0.5) is 18.9 Å². The molecule has 11 heteroatoms. The predicted octanol–water partition coefficient (Wildman–Crippen LogP) is 4.72. The molecule has 32 heavy (non-hydrogen) atoms. The third kappa shape index (κ3) is 3.62. The lowest BCUT2D eigenvalue weighted by atomic mass is 9.95. The van der Waals surface area contributed by atoms with Gasteiger partial charge in [0.15, 0.2) is 11.6 Å². The van der Waals surface area contributed by atoms with Gasteiger partial charge in [-0.2, -0.15) is 18.3 Å². The van der Waals surface area contributed by atoms with Gasteiger partial charge in [0.2, 0.25) is 0 Å². The van der Waals surface area contributed by atoms with Crippen LogP contribution in [0.25, 0.3) is 10.8 Å². The van der Waals surface area contributed by atoms with Crippen LogP contribution >= 0.6 is 11.3 Å². The van der Waals surface area contributed by atoms with Gasteiger partial charge in [0.25, 0.3) is 5.91 Å². The smallest absolute Gasteiger partial charge is 0.435 e. The molecule has 0 aliphatic heterocycles. The van der Waals surface area contributed by atoms with Crippen LogP contribution in [0.2, 0.25) is 0 Å². The average molecular weight is 461 g/mol. The molecular weight excluding hydrogens is 443 g/mol. The Bertz CT molecular complexity index is 1320. The van der Waals surface area contributed by atoms with Gasteiger partial charge >= 0.3 is 6.18 Å². The van der Waals surface area contributed by atoms with E-state index in [1.165, 1.54) is 16.0 Å². The van der Waals surface area contributed by atoms with E-state index < -0.39 is 17.8 Å². The zero-order chi connectivity index (χ0) is 22.5. The summed E-state index contributed by atoms with van der Waals surface area (Å²) >= 11 is 1.19. The van der Waals surface area contributed by atoms with Crippen LogP contribution in [-0.2, 0) is 25.6 Å². The number of amides is 1. The maximum absolute atomic E-state index is 13.4. The number of anilines is 1. The number of nitrogens with zero attached hydrogens (tertiary/aromatic N) is 3. The number of thiazole rings is 1. The summed E-state index contributed by atoms with van der Waals surface area (Å²) in [5.41, 5.74) is 0.629. The Hall–Kier alpha value is -3.34. The molecule has 0 fully saturated rings. The van der Waals surface area contributed by atoms with E-state index in [1.54, 1.807) is 29.8 Å². The molecule has 3 N–H and O–H groups in total. The summed E-state index contributed by atoms with van der Waals surface area (Å²) in [7, 11) is 0. The highest BCUT2D eigenvalue weighted by atomic mass is 32.1. The fraction of sp³-hybridized carbons (Fsp3) is 0.286. The van der Waals surface area contributed by atoms with Crippen LogP contribution in [0.5, 0.6) is 5.88 Å². The number of alkyl halides is 3. The van der Waals surface area contributed by atoms with E-state index in [0.29, 0.717) is 41.0 Å². The van der Waals surface area contributed by atoms with Crippen LogP contribution in [0, 0.1) is 0 Å². The van der Waals surface area contributed by atoms with E-state index in [4.69, 9.17) is 0 Å². The molecular formula is C21H18F3N5O2S. The Balaban J connectivity index is 1.38. The minimum Gasteiger partial charge on any atom is -0.494 e. The second-order valence-electron chi connectivity index (χ2n) is 7.62. The minimum absolute atomic E-state index is 0.0567. The quantitative estimate of drug-likeness (QED) is 0.410. The number of carbonyl (C=O) groups excluding carboxylic acids is 1. The first-order valence-corrected chi connectivity index (χ1v) is 10.9. The van der Waals surface area contributed by atoms with Gasteiger partial charge in [-0.15, -0.1) is 11.3 Å². The lowest BCUT2D eigenvalue weighted by molar-refractivity contribution is -0.142. The summed E-state index contributed by atoms with van der Waals surface area (Å²) in [6.45, 7) is 0.0739. The highest BCUT2D eigenvalue weighted by molar-refractivity contribution is 7.09. The first kappa shape index (κ1) is 20.6. The second kappa shape index (κ2) is 7.66. The van der Waals surface area contributed by atoms with Crippen molar-refractivity contribution in [2.24, 2.45) is 0 Å². The molecule has 1 aliphatic carbocycles. The Labute approximate surface area is 183 Å². The Morgan fingerprint density at radius 3 is 2.91 bits per heavy atom. The molecule has 1 aromatic carbocycles. The lowest BCUT2D eigenvalue weighted by Crippen LogP contribution is -2.13. The SMILES string of the molecule is O=C(Nc1cccc2c[nH]c(O)c12)c1csc(Cn2nc(C(F)(F)F)c3c2CCCC3)n1. The van der Waals surface area contributed by atoms with Crippen molar-refractivity contribution in [2.75, 3.05) is 5.32 Å². The number of nitrogens with one attached hydrogen (secondary N) is 2. The van der Waals surface area contributed by atoms with Crippen molar-refractivity contribution in [2.45, 2.75) is 38.4 Å². The molecule has 0 unspecified atom stereocenters. The van der Waals surface area contributed by atoms with Crippen molar-refractivity contribution in [3.05, 3.63) is 57.4 Å². The Morgan fingerprint density at radius 1 is 1.28 bits per heavy atom. The molecule has 7 nitrogen and oxygen atoms in total. The Kier molecular flexibility index (Phi) is 4.92. The predicted molar refractivity (Wildman–Crippen MR) is 113 cm³/mol. The first-order chi connectivity index (χ1) is 15.3. The molecule has 1 aliphatic rings. The normalized spacial score (nSPS) is 14.0. The van der Waals surface area contributed by atoms with Crippen LogP contribution in [-0.4, -0.2) is 30.8 Å². The van der Waals surface area contributed by atoms with Crippen molar-refractivity contribution in [1.82, 2.24) is 19.7 Å². The molecule has 0 atom stereocenters. The summed E-state index contributed by atoms with van der Waals surface area (Å²) in [6.07, 6.45) is -0.424. The number of hydrogen-bond donors (Lipinski definition) is 3. The number of benzene rings is 1. The number of aromatic amines is 1. The van der Waals surface area contributed by atoms with E-state index >= 15 is 0 Å². The molecule has 0 bridgehead atoms. The van der Waals surface area contributed by atoms with E-state index in [1.807, 2.05) is 0 Å². The fourth-order valence-corrected chi connectivity index (χ4v) is 4.86. The molecule has 3 heterocycles. The molecule has 1 amide bonds. The van der Waals surface area contributed by atoms with E-state index in [-0.39, 0.29) is 23.7 Å². The van der Waals surface area contributed by atoms with Crippen molar-refractivity contribution in [3.8, 4) is 5.88 Å². The second-order valence-corrected chi connectivity index (χ2v) is 8.57. The van der Waals surface area contributed by atoms with Crippen molar-refractivity contribution < 1.29 is 23.1 Å². The zero-order valence-corrected chi connectivity index (χ0v) is 17.5. The lowest BCUT2D eigenvalue weighted by Gasteiger charge is -2.14. The monoisotopic (exact) mass is 461 g/mol. The molecule has 5 rings (SSSR count). The third-order valence-corrected chi connectivity index (χ3v) is 6.37. The number of rotatable bonds is 4. The van der Waals surface area contributed by atoms with E-state index in [0.717, 1.165) is 11.8 Å². The highest BCUT2D eigenvalue weighted by Gasteiger charge is 2.39. The fourth-order valence-electron chi connectivity index (χ4n) is 4.11. The standard InChI is InChI=1S/C21H18F3N5O2S/c22-21(23,24)18-12-5-1-2-7-15(12)29(28-18)9-16-26-14(10-32-16)19(30)27-13-6-3-4-11-8-25-20(31)17(11)13/h3-4,6,8,10,25,31H,1-2,5,7,9H2,(H,27,30). The van der Waals surface area contributed by atoms with Gasteiger partial charge in [0.05, 0.1) is 17.6 Å². The number of halogens is 3. The maximum Gasteiger partial charge on any atom is 0.435 e. The number of aromatic hydroxyl groups is 1. The molecule has 0 saturated heterocycles. The molecule has 0 saturated carbocycles. The van der Waals surface area contributed by atoms with Gasteiger partial charge in [0.1, 0.15) is 10.7 Å². The minimum atomic E-state index is -4.49. The van der Waals surface area contributed by atoms with Crippen molar-refractivity contribution >= 4 is 33.7 Å². The number of H-pyrrole nitrogens is 1. The van der Waals surface area contributed by atoms with Gasteiger partial charge < -0.3 is 15.4 Å². The van der Waals surface area contributed by atoms with Gasteiger partial charge in [-0.25, -0.2) is 4.98 Å². The van der Waals surface area contributed by atoms with Gasteiger partial charge in [-0.1, -0.05) is 12.1 Å². The number of hydrogen-bond acceptors (Lipinski definition) is 5. The number of fused-ring (bicyclic) bond motifs is 2. The summed E-state index contributed by atoms with van der Waals surface area (Å²) in [4.78, 5) is 19.7. The molecule has 4 aromatic rings. The maximum atomic E-state index is 13.4. The summed E-state index contributed by atoms with van der Waals surface area (Å²) in [6, 6.07) is 5.20. The summed E-state index contributed by atoms with van der Waals surface area (Å²) in [5, 5.41) is 19.8. The molecule has 0 radical (unpaired) electrons. The zero-order valence-electron chi connectivity index (χ0n) is 16.7. The van der Waals surface area contributed by atoms with E-state index in [2.05, 4.69) is 20.4 Å². The largest absolute Gasteiger partial charge is 0.494 e. The first-order valence-electron chi connectivity index (χ1n) is 10.0. The third-order valence-electron chi connectivity index (χ3n) is 5.54. The highest BCUT2D eigenvalue weighted by Crippen LogP contribution is 2.36. The van der Waals surface area contributed by atoms with Crippen LogP contribution in [0.3, 0.4) is 0 Å². The molecule has 3 aromatic heterocycles. The summed E-state index contributed by atoms with van der Waals surface area (Å²) in [5.74, 6) is -0.530. The average Bonchev–Trinajstić information content (AvgIpc) is 3.47. The molecule has 166 valence electrons. The van der Waals surface area contributed by atoms with Crippen molar-refractivity contribution in [3.63, 3.8) is 0 Å². The van der Waals surface area contributed by atoms with Crippen LogP contribution in [0.1, 0.15) is 45.3 Å². The van der Waals surface area contributed by atoms with E-state index in [9.17, 15) is 23.1 Å².